The molecule has 6 nitrogen and oxygen atoms in total. The fourth-order valence-electron chi connectivity index (χ4n) is 3.74. The topological polar surface area (TPSA) is 57.2 Å². The number of aliphatic imine (C=N–C) groups is 1. The fraction of sp³-hybridized carbons (Fsp3) is 0.619. The van der Waals surface area contributed by atoms with E-state index in [9.17, 15) is 4.79 Å². The molecule has 2 heterocycles. The summed E-state index contributed by atoms with van der Waals surface area (Å²) in [7, 11) is 1.82. The minimum absolute atomic E-state index is 0. The van der Waals surface area contributed by atoms with Crippen LogP contribution in [0.25, 0.3) is 0 Å². The average molecular weight is 500 g/mol. The SMILES string of the molecule is CN=C(NCC(C)(C)c1ccccc1)N1CCN(C(=O)C2CCCO2)CC1.I. The van der Waals surface area contributed by atoms with Crippen molar-refractivity contribution in [2.45, 2.75) is 38.2 Å². The molecule has 156 valence electrons. The van der Waals surface area contributed by atoms with E-state index in [2.05, 4.69) is 53.3 Å². The summed E-state index contributed by atoms with van der Waals surface area (Å²) in [5.74, 6) is 1.06. The molecule has 2 aliphatic rings. The van der Waals surface area contributed by atoms with Gasteiger partial charge in [-0.1, -0.05) is 44.2 Å². The molecule has 28 heavy (non-hydrogen) atoms. The Morgan fingerprint density at radius 2 is 1.82 bits per heavy atom. The standard InChI is InChI=1S/C21H32N4O2.HI/c1-21(2,17-8-5-4-6-9-17)16-23-20(22-3)25-13-11-24(12-14-25)19(26)18-10-7-15-27-18;/h4-6,8-9,18H,7,10-16H2,1-3H3,(H,22,23);1H. The van der Waals surface area contributed by atoms with Gasteiger partial charge in [0.15, 0.2) is 5.96 Å². The summed E-state index contributed by atoms with van der Waals surface area (Å²) in [6.45, 7) is 9.03. The first kappa shape index (κ1) is 22.9. The van der Waals surface area contributed by atoms with Crippen molar-refractivity contribution in [3.8, 4) is 0 Å². The maximum absolute atomic E-state index is 12.5. The largest absolute Gasteiger partial charge is 0.368 e. The molecule has 0 aliphatic carbocycles. The van der Waals surface area contributed by atoms with Gasteiger partial charge in [-0.3, -0.25) is 9.79 Å². The van der Waals surface area contributed by atoms with Crippen LogP contribution in [0.5, 0.6) is 0 Å². The van der Waals surface area contributed by atoms with Gasteiger partial charge in [0.05, 0.1) is 0 Å². The molecule has 1 aromatic carbocycles. The molecule has 3 rings (SSSR count). The summed E-state index contributed by atoms with van der Waals surface area (Å²) in [6, 6.07) is 10.5. The normalized spacial score (nSPS) is 20.7. The number of rotatable bonds is 4. The van der Waals surface area contributed by atoms with Gasteiger partial charge in [-0.15, -0.1) is 24.0 Å². The second kappa shape index (κ2) is 10.4. The van der Waals surface area contributed by atoms with Crippen molar-refractivity contribution in [2.75, 3.05) is 46.4 Å². The average Bonchev–Trinajstić information content (AvgIpc) is 3.24. The Balaban J connectivity index is 0.00000280. The van der Waals surface area contributed by atoms with Gasteiger partial charge in [-0.05, 0) is 18.4 Å². The zero-order chi connectivity index (χ0) is 19.3. The molecular weight excluding hydrogens is 467 g/mol. The molecule has 1 atom stereocenters. The Morgan fingerprint density at radius 3 is 2.39 bits per heavy atom. The lowest BCUT2D eigenvalue weighted by atomic mass is 9.85. The minimum Gasteiger partial charge on any atom is -0.368 e. The summed E-state index contributed by atoms with van der Waals surface area (Å²) >= 11 is 0. The van der Waals surface area contributed by atoms with Gasteiger partial charge in [0, 0.05) is 51.8 Å². The van der Waals surface area contributed by atoms with Crippen LogP contribution in [0.15, 0.2) is 35.3 Å². The van der Waals surface area contributed by atoms with Crippen molar-refractivity contribution in [1.82, 2.24) is 15.1 Å². The van der Waals surface area contributed by atoms with Gasteiger partial charge in [0.1, 0.15) is 6.10 Å². The lowest BCUT2D eigenvalue weighted by molar-refractivity contribution is -0.142. The predicted molar refractivity (Wildman–Crippen MR) is 123 cm³/mol. The molecule has 0 aromatic heterocycles. The van der Waals surface area contributed by atoms with Crippen LogP contribution in [-0.2, 0) is 14.9 Å². The van der Waals surface area contributed by atoms with E-state index in [1.807, 2.05) is 18.0 Å². The molecule has 0 saturated carbocycles. The van der Waals surface area contributed by atoms with E-state index in [0.29, 0.717) is 6.61 Å². The van der Waals surface area contributed by atoms with E-state index < -0.39 is 0 Å². The summed E-state index contributed by atoms with van der Waals surface area (Å²) in [4.78, 5) is 21.1. The van der Waals surface area contributed by atoms with Crippen molar-refractivity contribution >= 4 is 35.8 Å². The molecule has 1 amide bonds. The number of guanidine groups is 1. The molecular formula is C21H33IN4O2. The van der Waals surface area contributed by atoms with Crippen molar-refractivity contribution in [1.29, 1.82) is 0 Å². The van der Waals surface area contributed by atoms with Gasteiger partial charge in [0.2, 0.25) is 0 Å². The van der Waals surface area contributed by atoms with E-state index in [-0.39, 0.29) is 41.4 Å². The van der Waals surface area contributed by atoms with Crippen LogP contribution in [0.3, 0.4) is 0 Å². The summed E-state index contributed by atoms with van der Waals surface area (Å²) in [6.07, 6.45) is 1.63. The third-order valence-electron chi connectivity index (χ3n) is 5.55. The van der Waals surface area contributed by atoms with Crippen LogP contribution < -0.4 is 5.32 Å². The summed E-state index contributed by atoms with van der Waals surface area (Å²) in [5.41, 5.74) is 1.31. The first-order chi connectivity index (χ1) is 13.0. The molecule has 0 bridgehead atoms. The Hall–Kier alpha value is -1.35. The van der Waals surface area contributed by atoms with Crippen molar-refractivity contribution in [3.05, 3.63) is 35.9 Å². The number of ether oxygens (including phenoxy) is 1. The number of piperazine rings is 1. The molecule has 2 aliphatic heterocycles. The lowest BCUT2D eigenvalue weighted by Gasteiger charge is -2.38. The van der Waals surface area contributed by atoms with Gasteiger partial charge < -0.3 is 19.9 Å². The quantitative estimate of drug-likeness (QED) is 0.392. The lowest BCUT2D eigenvalue weighted by Crippen LogP contribution is -2.56. The molecule has 2 saturated heterocycles. The highest BCUT2D eigenvalue weighted by Gasteiger charge is 2.31. The number of hydrogen-bond donors (Lipinski definition) is 1. The highest BCUT2D eigenvalue weighted by atomic mass is 127. The summed E-state index contributed by atoms with van der Waals surface area (Å²) < 4.78 is 5.54. The Labute approximate surface area is 185 Å². The Bertz CT molecular complexity index is 652. The van der Waals surface area contributed by atoms with Crippen molar-refractivity contribution in [2.24, 2.45) is 4.99 Å². The van der Waals surface area contributed by atoms with E-state index in [4.69, 9.17) is 4.74 Å². The first-order valence-corrected chi connectivity index (χ1v) is 9.93. The van der Waals surface area contributed by atoms with E-state index in [0.717, 1.165) is 51.5 Å². The number of nitrogens with one attached hydrogen (secondary N) is 1. The van der Waals surface area contributed by atoms with Crippen LogP contribution >= 0.6 is 24.0 Å². The number of amides is 1. The summed E-state index contributed by atoms with van der Waals surface area (Å²) in [5, 5.41) is 3.52. The van der Waals surface area contributed by atoms with Crippen LogP contribution in [0, 0.1) is 0 Å². The highest BCUT2D eigenvalue weighted by molar-refractivity contribution is 14.0. The van der Waals surface area contributed by atoms with Gasteiger partial charge in [-0.2, -0.15) is 0 Å². The molecule has 0 radical (unpaired) electrons. The van der Waals surface area contributed by atoms with Crippen LogP contribution in [0.4, 0.5) is 0 Å². The number of benzene rings is 1. The number of halogens is 1. The van der Waals surface area contributed by atoms with Crippen LogP contribution in [0.1, 0.15) is 32.3 Å². The highest BCUT2D eigenvalue weighted by Crippen LogP contribution is 2.22. The third-order valence-corrected chi connectivity index (χ3v) is 5.55. The maximum atomic E-state index is 12.5. The van der Waals surface area contributed by atoms with Crippen LogP contribution in [0.2, 0.25) is 0 Å². The Morgan fingerprint density at radius 1 is 1.18 bits per heavy atom. The van der Waals surface area contributed by atoms with Crippen molar-refractivity contribution < 1.29 is 9.53 Å². The first-order valence-electron chi connectivity index (χ1n) is 9.93. The van der Waals surface area contributed by atoms with E-state index in [1.54, 1.807) is 0 Å². The second-order valence-corrected chi connectivity index (χ2v) is 7.96. The third kappa shape index (κ3) is 5.59. The smallest absolute Gasteiger partial charge is 0.251 e. The minimum atomic E-state index is -0.222. The maximum Gasteiger partial charge on any atom is 0.251 e. The predicted octanol–water partition coefficient (Wildman–Crippen LogP) is 2.48. The fourth-order valence-corrected chi connectivity index (χ4v) is 3.74. The number of carbonyl (C=O) groups is 1. The number of carbonyl (C=O) groups excluding carboxylic acids is 1. The molecule has 0 spiro atoms. The van der Waals surface area contributed by atoms with Crippen LogP contribution in [-0.4, -0.2) is 74.1 Å². The van der Waals surface area contributed by atoms with Gasteiger partial charge in [-0.25, -0.2) is 0 Å². The van der Waals surface area contributed by atoms with E-state index >= 15 is 0 Å². The number of nitrogens with zero attached hydrogens (tertiary/aromatic N) is 3. The zero-order valence-electron chi connectivity index (χ0n) is 17.2. The molecule has 1 N–H and O–H groups in total. The van der Waals surface area contributed by atoms with Gasteiger partial charge in [0.25, 0.3) is 5.91 Å². The molecule has 1 unspecified atom stereocenters. The van der Waals surface area contributed by atoms with E-state index in [1.165, 1.54) is 5.56 Å². The molecule has 1 aromatic rings. The monoisotopic (exact) mass is 500 g/mol. The van der Waals surface area contributed by atoms with Gasteiger partial charge >= 0.3 is 0 Å². The van der Waals surface area contributed by atoms with Crippen molar-refractivity contribution in [3.63, 3.8) is 0 Å². The number of hydrogen-bond acceptors (Lipinski definition) is 3. The molecule has 7 heteroatoms. The Kier molecular flexibility index (Phi) is 8.55. The molecule has 2 fully saturated rings. The zero-order valence-corrected chi connectivity index (χ0v) is 19.5. The second-order valence-electron chi connectivity index (χ2n) is 7.96.